The number of rotatable bonds is 4. The first kappa shape index (κ1) is 15.0. The molecule has 0 unspecified atom stereocenters. The number of fused-ring (bicyclic) bond motifs is 1. The van der Waals surface area contributed by atoms with E-state index in [9.17, 15) is 4.79 Å². The third-order valence-corrected chi connectivity index (χ3v) is 4.82. The lowest BCUT2D eigenvalue weighted by Crippen LogP contribution is -2.09. The highest BCUT2D eigenvalue weighted by Crippen LogP contribution is 2.30. The van der Waals surface area contributed by atoms with Gasteiger partial charge in [0.25, 0.3) is 0 Å². The van der Waals surface area contributed by atoms with Crippen molar-refractivity contribution in [1.82, 2.24) is 4.98 Å². The second-order valence-corrected chi connectivity index (χ2v) is 6.60. The molecule has 5 nitrogen and oxygen atoms in total. The quantitative estimate of drug-likeness (QED) is 0.744. The van der Waals surface area contributed by atoms with Crippen LogP contribution in [0.5, 0.6) is 0 Å². The van der Waals surface area contributed by atoms with E-state index in [1.165, 1.54) is 5.56 Å². The fourth-order valence-corrected chi connectivity index (χ4v) is 3.52. The van der Waals surface area contributed by atoms with Gasteiger partial charge >= 0.3 is 0 Å². The summed E-state index contributed by atoms with van der Waals surface area (Å²) in [5.41, 5.74) is 4.12. The monoisotopic (exact) mass is 339 g/mol. The van der Waals surface area contributed by atoms with Gasteiger partial charge in [-0.3, -0.25) is 4.79 Å². The number of hydrogen-bond acceptors (Lipinski definition) is 5. The van der Waals surface area contributed by atoms with Gasteiger partial charge in [0.15, 0.2) is 5.13 Å². The van der Waals surface area contributed by atoms with Crippen LogP contribution in [0.4, 0.5) is 10.8 Å². The molecular formula is C18H17N3O2S. The predicted molar refractivity (Wildman–Crippen MR) is 95.2 cm³/mol. The highest BCUT2D eigenvalue weighted by atomic mass is 32.1. The molecule has 3 aromatic rings. The standard InChI is InChI=1S/C18H17N3O2S/c22-17-5-1-3-12-9-13(6-7-15(12)20-17)16-11-24-18(21-16)19-10-14-4-2-8-23-14/h2,4,6-9,11H,1,3,5,10H2,(H,19,21)(H,20,22). The molecule has 6 heteroatoms. The summed E-state index contributed by atoms with van der Waals surface area (Å²) in [6.45, 7) is 0.621. The van der Waals surface area contributed by atoms with E-state index in [1.807, 2.05) is 29.6 Å². The molecular weight excluding hydrogens is 322 g/mol. The first-order valence-electron chi connectivity index (χ1n) is 7.93. The van der Waals surface area contributed by atoms with Crippen LogP contribution in [0.3, 0.4) is 0 Å². The van der Waals surface area contributed by atoms with Crippen molar-refractivity contribution in [2.75, 3.05) is 10.6 Å². The molecule has 4 rings (SSSR count). The molecule has 0 saturated heterocycles. The van der Waals surface area contributed by atoms with Gasteiger partial charge in [-0.05, 0) is 42.7 Å². The summed E-state index contributed by atoms with van der Waals surface area (Å²) in [6, 6.07) is 9.92. The minimum atomic E-state index is 0.0968. The number of aromatic nitrogens is 1. The van der Waals surface area contributed by atoms with E-state index < -0.39 is 0 Å². The average Bonchev–Trinajstić information content (AvgIpc) is 3.22. The summed E-state index contributed by atoms with van der Waals surface area (Å²) >= 11 is 1.57. The fraction of sp³-hybridized carbons (Fsp3) is 0.222. The van der Waals surface area contributed by atoms with E-state index in [1.54, 1.807) is 17.6 Å². The Morgan fingerprint density at radius 1 is 1.29 bits per heavy atom. The number of carbonyl (C=O) groups excluding carboxylic acids is 1. The molecule has 3 heterocycles. The van der Waals surface area contributed by atoms with E-state index in [0.29, 0.717) is 13.0 Å². The Labute approximate surface area is 143 Å². The summed E-state index contributed by atoms with van der Waals surface area (Å²) in [4.78, 5) is 16.3. The first-order valence-corrected chi connectivity index (χ1v) is 8.81. The maximum Gasteiger partial charge on any atom is 0.224 e. The van der Waals surface area contributed by atoms with Crippen molar-refractivity contribution >= 4 is 28.1 Å². The van der Waals surface area contributed by atoms with Gasteiger partial charge in [0.1, 0.15) is 5.76 Å². The van der Waals surface area contributed by atoms with Crippen molar-refractivity contribution in [2.24, 2.45) is 0 Å². The summed E-state index contributed by atoms with van der Waals surface area (Å²) in [7, 11) is 0. The molecule has 1 aliphatic rings. The molecule has 24 heavy (non-hydrogen) atoms. The summed E-state index contributed by atoms with van der Waals surface area (Å²) < 4.78 is 5.31. The van der Waals surface area contributed by atoms with Crippen LogP contribution in [0, 0.1) is 0 Å². The van der Waals surface area contributed by atoms with Gasteiger partial charge in [0.05, 0.1) is 18.5 Å². The second kappa shape index (κ2) is 6.49. The zero-order valence-electron chi connectivity index (χ0n) is 13.0. The maximum absolute atomic E-state index is 11.6. The third kappa shape index (κ3) is 3.19. The molecule has 0 aliphatic carbocycles. The molecule has 0 radical (unpaired) electrons. The normalized spacial score (nSPS) is 13.9. The third-order valence-electron chi connectivity index (χ3n) is 4.02. The molecule has 0 fully saturated rings. The van der Waals surface area contributed by atoms with Gasteiger partial charge < -0.3 is 15.1 Å². The SMILES string of the molecule is O=C1CCCc2cc(-c3csc(NCc4ccco4)n3)ccc2N1. The van der Waals surface area contributed by atoms with Crippen LogP contribution in [0.15, 0.2) is 46.4 Å². The van der Waals surface area contributed by atoms with Crippen molar-refractivity contribution in [3.63, 3.8) is 0 Å². The largest absolute Gasteiger partial charge is 0.467 e. The van der Waals surface area contributed by atoms with Gasteiger partial charge in [-0.25, -0.2) is 4.98 Å². The average molecular weight is 339 g/mol. The van der Waals surface area contributed by atoms with Crippen molar-refractivity contribution in [3.05, 3.63) is 53.3 Å². The van der Waals surface area contributed by atoms with Crippen LogP contribution in [0.2, 0.25) is 0 Å². The molecule has 2 aromatic heterocycles. The molecule has 2 N–H and O–H groups in total. The van der Waals surface area contributed by atoms with Crippen LogP contribution in [0.25, 0.3) is 11.3 Å². The van der Waals surface area contributed by atoms with Gasteiger partial charge in [0, 0.05) is 23.1 Å². The first-order chi connectivity index (χ1) is 11.8. The number of benzene rings is 1. The number of amides is 1. The number of anilines is 2. The lowest BCUT2D eigenvalue weighted by atomic mass is 10.0. The molecule has 0 spiro atoms. The van der Waals surface area contributed by atoms with Crippen molar-refractivity contribution in [1.29, 1.82) is 0 Å². The number of thiazole rings is 1. The fourth-order valence-electron chi connectivity index (χ4n) is 2.80. The number of aryl methyl sites for hydroxylation is 1. The topological polar surface area (TPSA) is 67.2 Å². The Morgan fingerprint density at radius 2 is 2.25 bits per heavy atom. The Bertz CT molecular complexity index is 855. The molecule has 1 aliphatic heterocycles. The van der Waals surface area contributed by atoms with E-state index in [0.717, 1.165) is 40.7 Å². The minimum absolute atomic E-state index is 0.0968. The minimum Gasteiger partial charge on any atom is -0.467 e. The van der Waals surface area contributed by atoms with Crippen molar-refractivity contribution in [2.45, 2.75) is 25.8 Å². The number of furan rings is 1. The van der Waals surface area contributed by atoms with Crippen LogP contribution in [0.1, 0.15) is 24.2 Å². The Morgan fingerprint density at radius 3 is 3.12 bits per heavy atom. The number of nitrogens with zero attached hydrogens (tertiary/aromatic N) is 1. The highest BCUT2D eigenvalue weighted by Gasteiger charge is 2.14. The van der Waals surface area contributed by atoms with Crippen molar-refractivity contribution in [3.8, 4) is 11.3 Å². The van der Waals surface area contributed by atoms with Crippen molar-refractivity contribution < 1.29 is 9.21 Å². The molecule has 1 amide bonds. The van der Waals surface area contributed by atoms with Gasteiger partial charge in [0.2, 0.25) is 5.91 Å². The Hall–Kier alpha value is -2.60. The van der Waals surface area contributed by atoms with Gasteiger partial charge in [-0.15, -0.1) is 11.3 Å². The van der Waals surface area contributed by atoms with Gasteiger partial charge in [-0.2, -0.15) is 0 Å². The van der Waals surface area contributed by atoms with E-state index in [-0.39, 0.29) is 5.91 Å². The summed E-state index contributed by atoms with van der Waals surface area (Å²) in [5.74, 6) is 0.979. The lowest BCUT2D eigenvalue weighted by Gasteiger charge is -2.08. The summed E-state index contributed by atoms with van der Waals surface area (Å²) in [5, 5.41) is 9.14. The number of carbonyl (C=O) groups is 1. The molecule has 0 atom stereocenters. The Kier molecular flexibility index (Phi) is 4.04. The van der Waals surface area contributed by atoms with E-state index in [2.05, 4.69) is 21.7 Å². The number of hydrogen-bond donors (Lipinski definition) is 2. The zero-order valence-corrected chi connectivity index (χ0v) is 13.9. The number of nitrogens with one attached hydrogen (secondary N) is 2. The van der Waals surface area contributed by atoms with E-state index >= 15 is 0 Å². The van der Waals surface area contributed by atoms with Crippen LogP contribution in [-0.4, -0.2) is 10.9 Å². The maximum atomic E-state index is 11.6. The summed E-state index contributed by atoms with van der Waals surface area (Å²) in [6.07, 6.45) is 4.05. The van der Waals surface area contributed by atoms with Crippen LogP contribution >= 0.6 is 11.3 Å². The molecule has 122 valence electrons. The molecule has 0 saturated carbocycles. The van der Waals surface area contributed by atoms with Crippen LogP contribution < -0.4 is 10.6 Å². The second-order valence-electron chi connectivity index (χ2n) is 5.74. The molecule has 1 aromatic carbocycles. The van der Waals surface area contributed by atoms with Crippen LogP contribution in [-0.2, 0) is 17.8 Å². The highest BCUT2D eigenvalue weighted by molar-refractivity contribution is 7.14. The smallest absolute Gasteiger partial charge is 0.224 e. The zero-order chi connectivity index (χ0) is 16.4. The predicted octanol–water partition coefficient (Wildman–Crippen LogP) is 4.29. The van der Waals surface area contributed by atoms with E-state index in [4.69, 9.17) is 4.42 Å². The molecule has 0 bridgehead atoms. The Balaban J connectivity index is 1.52. The lowest BCUT2D eigenvalue weighted by molar-refractivity contribution is -0.116. The van der Waals surface area contributed by atoms with Gasteiger partial charge in [-0.1, -0.05) is 6.07 Å².